The second-order valence-corrected chi connectivity index (χ2v) is 9.56. The van der Waals surface area contributed by atoms with E-state index >= 15 is 0 Å². The summed E-state index contributed by atoms with van der Waals surface area (Å²) >= 11 is 0. The number of anilines is 1. The molecule has 0 unspecified atom stereocenters. The number of carbonyl (C=O) groups is 1. The molecule has 0 bridgehead atoms. The smallest absolute Gasteiger partial charge is 0.241 e. The summed E-state index contributed by atoms with van der Waals surface area (Å²) in [4.78, 5) is 14.7. The van der Waals surface area contributed by atoms with Crippen molar-refractivity contribution in [3.05, 3.63) is 95.1 Å². The van der Waals surface area contributed by atoms with Crippen LogP contribution in [0, 0.1) is 6.92 Å². The van der Waals surface area contributed by atoms with Crippen molar-refractivity contribution in [3.8, 4) is 11.5 Å². The van der Waals surface area contributed by atoms with Crippen LogP contribution in [0.2, 0.25) is 0 Å². The monoisotopic (exact) mass is 454 g/mol. The van der Waals surface area contributed by atoms with E-state index in [4.69, 9.17) is 9.47 Å². The van der Waals surface area contributed by atoms with E-state index in [9.17, 15) is 4.79 Å². The number of para-hydroxylation sites is 1. The molecule has 2 heterocycles. The second kappa shape index (κ2) is 8.24. The fourth-order valence-electron chi connectivity index (χ4n) is 5.11. The first-order chi connectivity index (χ1) is 16.3. The third-order valence-electron chi connectivity index (χ3n) is 7.10. The summed E-state index contributed by atoms with van der Waals surface area (Å²) in [7, 11) is 1.65. The van der Waals surface area contributed by atoms with E-state index in [1.54, 1.807) is 7.11 Å². The van der Waals surface area contributed by atoms with Gasteiger partial charge in [-0.2, -0.15) is 0 Å². The molecule has 1 N–H and O–H groups in total. The number of benzene rings is 3. The van der Waals surface area contributed by atoms with Crippen LogP contribution in [0.1, 0.15) is 36.1 Å². The number of hydrogen-bond donors (Lipinski definition) is 1. The summed E-state index contributed by atoms with van der Waals surface area (Å²) in [5, 5.41) is 3.26. The van der Waals surface area contributed by atoms with Gasteiger partial charge in [0.2, 0.25) is 5.91 Å². The highest BCUT2D eigenvalue weighted by molar-refractivity contribution is 5.91. The highest BCUT2D eigenvalue weighted by atomic mass is 16.5. The zero-order valence-corrected chi connectivity index (χ0v) is 20.1. The van der Waals surface area contributed by atoms with Crippen LogP contribution >= 0.6 is 0 Å². The highest BCUT2D eigenvalue weighted by Crippen LogP contribution is 2.52. The van der Waals surface area contributed by atoms with Crippen molar-refractivity contribution in [1.82, 2.24) is 5.32 Å². The maximum absolute atomic E-state index is 12.5. The lowest BCUT2D eigenvalue weighted by molar-refractivity contribution is -0.118. The molecular weight excluding hydrogens is 424 g/mol. The molecule has 0 saturated carbocycles. The van der Waals surface area contributed by atoms with Crippen molar-refractivity contribution in [2.75, 3.05) is 18.6 Å². The van der Waals surface area contributed by atoms with E-state index in [1.807, 2.05) is 24.3 Å². The molecule has 5 heteroatoms. The van der Waals surface area contributed by atoms with Gasteiger partial charge < -0.3 is 19.7 Å². The minimum Gasteiger partial charge on any atom is -0.493 e. The van der Waals surface area contributed by atoms with Crippen LogP contribution in [0.15, 0.2) is 72.8 Å². The molecule has 0 aromatic heterocycles. The van der Waals surface area contributed by atoms with Crippen molar-refractivity contribution in [2.24, 2.45) is 0 Å². The van der Waals surface area contributed by atoms with Gasteiger partial charge in [0, 0.05) is 11.1 Å². The van der Waals surface area contributed by atoms with Gasteiger partial charge in [-0.3, -0.25) is 4.79 Å². The molecule has 5 nitrogen and oxygen atoms in total. The van der Waals surface area contributed by atoms with Crippen molar-refractivity contribution >= 4 is 17.7 Å². The average Bonchev–Trinajstić information content (AvgIpc) is 3.27. The molecule has 1 atom stereocenters. The molecule has 1 fully saturated rings. The van der Waals surface area contributed by atoms with Crippen molar-refractivity contribution in [2.45, 2.75) is 38.5 Å². The van der Waals surface area contributed by atoms with Crippen LogP contribution in [0.3, 0.4) is 0 Å². The van der Waals surface area contributed by atoms with Crippen LogP contribution in [0.25, 0.3) is 6.08 Å². The summed E-state index contributed by atoms with van der Waals surface area (Å²) < 4.78 is 11.6. The molecule has 2 aliphatic rings. The number of amides is 1. The third-order valence-corrected chi connectivity index (χ3v) is 7.10. The van der Waals surface area contributed by atoms with Gasteiger partial charge in [-0.1, -0.05) is 74.0 Å². The molecule has 3 aromatic carbocycles. The molecule has 34 heavy (non-hydrogen) atoms. The number of rotatable bonds is 6. The van der Waals surface area contributed by atoms with Gasteiger partial charge in [0.25, 0.3) is 0 Å². The van der Waals surface area contributed by atoms with Crippen LogP contribution in [-0.2, 0) is 16.8 Å². The molecule has 0 radical (unpaired) electrons. The molecular formula is C29H30N2O3. The van der Waals surface area contributed by atoms with Gasteiger partial charge in [0.05, 0.1) is 13.7 Å². The van der Waals surface area contributed by atoms with Gasteiger partial charge in [0.15, 0.2) is 11.5 Å². The Kier molecular flexibility index (Phi) is 5.35. The van der Waals surface area contributed by atoms with E-state index in [0.717, 1.165) is 16.8 Å². The zero-order chi connectivity index (χ0) is 23.9. The predicted molar refractivity (Wildman–Crippen MR) is 135 cm³/mol. The highest BCUT2D eigenvalue weighted by Gasteiger charge is 2.59. The van der Waals surface area contributed by atoms with Gasteiger partial charge in [0.1, 0.15) is 12.3 Å². The largest absolute Gasteiger partial charge is 0.493 e. The number of fused-ring (bicyclic) bond motifs is 3. The van der Waals surface area contributed by atoms with Gasteiger partial charge >= 0.3 is 0 Å². The average molecular weight is 455 g/mol. The van der Waals surface area contributed by atoms with Crippen molar-refractivity contribution in [3.63, 3.8) is 0 Å². The number of ether oxygens (including phenoxy) is 2. The first-order valence-corrected chi connectivity index (χ1v) is 11.6. The number of nitrogens with zero attached hydrogens (tertiary/aromatic N) is 1. The molecule has 1 amide bonds. The van der Waals surface area contributed by atoms with E-state index in [1.165, 1.54) is 11.1 Å². The second-order valence-electron chi connectivity index (χ2n) is 9.56. The van der Waals surface area contributed by atoms with E-state index < -0.39 is 5.66 Å². The molecule has 3 aromatic rings. The summed E-state index contributed by atoms with van der Waals surface area (Å²) in [5.74, 6) is 1.40. The lowest BCUT2D eigenvalue weighted by Crippen LogP contribution is -2.58. The van der Waals surface area contributed by atoms with Gasteiger partial charge in [-0.25, -0.2) is 0 Å². The SMILES string of the molecule is COc1cc(/C=C/[C@]23NC(=O)CN2c2ccccc2C3(C)C)ccc1OCc1ccc(C)cc1. The quantitative estimate of drug-likeness (QED) is 0.555. The fraction of sp³-hybridized carbons (Fsp3) is 0.276. The van der Waals surface area contributed by atoms with Gasteiger partial charge in [-0.05, 0) is 47.9 Å². The Bertz CT molecular complexity index is 1260. The zero-order valence-electron chi connectivity index (χ0n) is 20.1. The first kappa shape index (κ1) is 22.1. The van der Waals surface area contributed by atoms with Crippen LogP contribution in [-0.4, -0.2) is 25.2 Å². The molecule has 0 aliphatic carbocycles. The Hall–Kier alpha value is -3.73. The Labute approximate surface area is 201 Å². The summed E-state index contributed by atoms with van der Waals surface area (Å²) in [6.07, 6.45) is 4.16. The van der Waals surface area contributed by atoms with E-state index in [-0.39, 0.29) is 11.3 Å². The predicted octanol–water partition coefficient (Wildman–Crippen LogP) is 5.22. The standard InChI is InChI=1S/C29H30N2O3/c1-20-9-11-22(12-10-20)19-34-25-14-13-21(17-26(25)33-4)15-16-29-28(2,3)23-7-5-6-8-24(23)31(29)18-27(32)30-29/h5-17H,18-19H2,1-4H3,(H,30,32)/b16-15+/t29-/m0/s1. The molecule has 5 rings (SSSR count). The maximum Gasteiger partial charge on any atom is 0.241 e. The molecule has 174 valence electrons. The minimum absolute atomic E-state index is 0.0321. The summed E-state index contributed by atoms with van der Waals surface area (Å²) in [5.41, 5.74) is 4.72. The van der Waals surface area contributed by atoms with Gasteiger partial charge in [-0.15, -0.1) is 0 Å². The maximum atomic E-state index is 12.5. The Morgan fingerprint density at radius 3 is 2.56 bits per heavy atom. The first-order valence-electron chi connectivity index (χ1n) is 11.6. The number of nitrogens with one attached hydrogen (secondary N) is 1. The van der Waals surface area contributed by atoms with Crippen LogP contribution in [0.5, 0.6) is 11.5 Å². The topological polar surface area (TPSA) is 50.8 Å². The van der Waals surface area contributed by atoms with Crippen LogP contribution < -0.4 is 19.7 Å². The van der Waals surface area contributed by atoms with E-state index in [0.29, 0.717) is 24.7 Å². The molecule has 1 saturated heterocycles. The van der Waals surface area contributed by atoms with Crippen molar-refractivity contribution in [1.29, 1.82) is 0 Å². The minimum atomic E-state index is -0.623. The molecule has 2 aliphatic heterocycles. The fourth-order valence-corrected chi connectivity index (χ4v) is 5.11. The van der Waals surface area contributed by atoms with Crippen molar-refractivity contribution < 1.29 is 14.3 Å². The number of carbonyl (C=O) groups excluding carboxylic acids is 1. The van der Waals surface area contributed by atoms with Crippen LogP contribution in [0.4, 0.5) is 5.69 Å². The number of hydrogen-bond acceptors (Lipinski definition) is 4. The molecule has 0 spiro atoms. The lowest BCUT2D eigenvalue weighted by atomic mass is 9.75. The summed E-state index contributed by atoms with van der Waals surface area (Å²) in [6, 6.07) is 22.5. The Morgan fingerprint density at radius 1 is 1.03 bits per heavy atom. The number of methoxy groups -OCH3 is 1. The lowest BCUT2D eigenvalue weighted by Gasteiger charge is -2.40. The van der Waals surface area contributed by atoms with E-state index in [2.05, 4.69) is 85.6 Å². The third kappa shape index (κ3) is 3.52. The summed E-state index contributed by atoms with van der Waals surface area (Å²) in [6.45, 7) is 7.26. The Balaban J connectivity index is 1.41. The normalized spacial score (nSPS) is 20.2. The number of aryl methyl sites for hydroxylation is 1. The Morgan fingerprint density at radius 2 is 1.79 bits per heavy atom.